The van der Waals surface area contributed by atoms with Crippen LogP contribution in [0.15, 0.2) is 41.8 Å². The van der Waals surface area contributed by atoms with Gasteiger partial charge in [0.05, 0.1) is 30.4 Å². The summed E-state index contributed by atoms with van der Waals surface area (Å²) in [6.45, 7) is 1.96. The number of rotatable bonds is 6. The van der Waals surface area contributed by atoms with Crippen molar-refractivity contribution in [2.75, 3.05) is 19.5 Å². The Balaban J connectivity index is 1.88. The molecule has 0 fully saturated rings. The van der Waals surface area contributed by atoms with Gasteiger partial charge in [0, 0.05) is 23.1 Å². The predicted octanol–water partition coefficient (Wildman–Crippen LogP) is 4.30. The van der Waals surface area contributed by atoms with Crippen molar-refractivity contribution in [3.05, 3.63) is 63.0 Å². The van der Waals surface area contributed by atoms with Crippen LogP contribution in [-0.2, 0) is 0 Å². The minimum absolute atomic E-state index is 0.0570. The molecule has 0 spiro atoms. The zero-order valence-electron chi connectivity index (χ0n) is 15.4. The van der Waals surface area contributed by atoms with Crippen molar-refractivity contribution >= 4 is 28.1 Å². The van der Waals surface area contributed by atoms with Gasteiger partial charge in [-0.15, -0.1) is 11.3 Å². The van der Waals surface area contributed by atoms with E-state index in [1.807, 2.05) is 25.1 Å². The molecule has 3 rings (SSSR count). The maximum Gasteiger partial charge on any atom is 0.270 e. The van der Waals surface area contributed by atoms with Gasteiger partial charge in [-0.05, 0) is 25.1 Å². The summed E-state index contributed by atoms with van der Waals surface area (Å²) in [6, 6.07) is 9.58. The number of hydrogen-bond acceptors (Lipinski definition) is 7. The van der Waals surface area contributed by atoms with Crippen LogP contribution in [0.25, 0.3) is 11.3 Å². The maximum atomic E-state index is 12.6. The first-order chi connectivity index (χ1) is 13.4. The van der Waals surface area contributed by atoms with Crippen molar-refractivity contribution < 1.29 is 19.2 Å². The number of benzene rings is 2. The summed E-state index contributed by atoms with van der Waals surface area (Å²) in [7, 11) is 2.97. The Morgan fingerprint density at radius 3 is 2.54 bits per heavy atom. The van der Waals surface area contributed by atoms with E-state index < -0.39 is 10.8 Å². The fraction of sp³-hybridized carbons (Fsp3) is 0.158. The largest absolute Gasteiger partial charge is 0.496 e. The fourth-order valence-corrected chi connectivity index (χ4v) is 3.33. The van der Waals surface area contributed by atoms with E-state index in [2.05, 4.69) is 10.3 Å². The van der Waals surface area contributed by atoms with Crippen LogP contribution in [0.4, 0.5) is 10.8 Å². The lowest BCUT2D eigenvalue weighted by molar-refractivity contribution is -0.384. The number of nitro groups is 1. The summed E-state index contributed by atoms with van der Waals surface area (Å²) >= 11 is 1.24. The highest BCUT2D eigenvalue weighted by Crippen LogP contribution is 2.33. The van der Waals surface area contributed by atoms with Crippen molar-refractivity contribution in [1.82, 2.24) is 4.98 Å². The van der Waals surface area contributed by atoms with Crippen LogP contribution in [0.5, 0.6) is 11.5 Å². The lowest BCUT2D eigenvalue weighted by Gasteiger charge is -2.08. The van der Waals surface area contributed by atoms with Crippen LogP contribution in [0.2, 0.25) is 0 Å². The number of carbonyl (C=O) groups is 1. The SMILES string of the molecule is COc1ccc([N+](=O)[O-])cc1C(=O)Nc1nc(-c2cc(C)ccc2OC)cs1. The molecule has 0 aliphatic carbocycles. The molecular weight excluding hydrogens is 382 g/mol. The quantitative estimate of drug-likeness (QED) is 0.490. The lowest BCUT2D eigenvalue weighted by atomic mass is 10.1. The number of thiazole rings is 1. The van der Waals surface area contributed by atoms with Gasteiger partial charge in [0.25, 0.3) is 11.6 Å². The van der Waals surface area contributed by atoms with Crippen LogP contribution in [0, 0.1) is 17.0 Å². The second kappa shape index (κ2) is 8.05. The Kier molecular flexibility index (Phi) is 5.55. The minimum Gasteiger partial charge on any atom is -0.496 e. The fourth-order valence-electron chi connectivity index (χ4n) is 2.63. The van der Waals surface area contributed by atoms with Gasteiger partial charge in [-0.2, -0.15) is 0 Å². The van der Waals surface area contributed by atoms with Crippen molar-refractivity contribution in [2.45, 2.75) is 6.92 Å². The molecule has 0 bridgehead atoms. The maximum absolute atomic E-state index is 12.6. The third kappa shape index (κ3) is 3.94. The van der Waals surface area contributed by atoms with Crippen molar-refractivity contribution in [3.8, 4) is 22.8 Å². The Morgan fingerprint density at radius 2 is 1.86 bits per heavy atom. The molecule has 1 heterocycles. The van der Waals surface area contributed by atoms with Crippen LogP contribution in [0.3, 0.4) is 0 Å². The summed E-state index contributed by atoms with van der Waals surface area (Å²) in [4.78, 5) is 27.5. The molecule has 2 aromatic carbocycles. The van der Waals surface area contributed by atoms with Gasteiger partial charge in [-0.25, -0.2) is 4.98 Å². The lowest BCUT2D eigenvalue weighted by Crippen LogP contribution is -2.13. The van der Waals surface area contributed by atoms with Crippen molar-refractivity contribution in [3.63, 3.8) is 0 Å². The number of nitro benzene ring substituents is 1. The molecule has 8 nitrogen and oxygen atoms in total. The number of methoxy groups -OCH3 is 2. The highest BCUT2D eigenvalue weighted by Gasteiger charge is 2.19. The molecule has 3 aromatic rings. The Hall–Kier alpha value is -3.46. The molecular formula is C19H17N3O5S. The van der Waals surface area contributed by atoms with E-state index in [0.717, 1.165) is 11.1 Å². The zero-order chi connectivity index (χ0) is 20.3. The van der Waals surface area contributed by atoms with E-state index in [-0.39, 0.29) is 17.0 Å². The molecule has 0 aliphatic rings. The average Bonchev–Trinajstić information content (AvgIpc) is 3.15. The monoisotopic (exact) mass is 399 g/mol. The summed E-state index contributed by atoms with van der Waals surface area (Å²) < 4.78 is 10.5. The second-order valence-corrected chi connectivity index (χ2v) is 6.70. The smallest absolute Gasteiger partial charge is 0.270 e. The number of nitrogens with one attached hydrogen (secondary N) is 1. The van der Waals surface area contributed by atoms with Gasteiger partial charge in [0.1, 0.15) is 11.5 Å². The van der Waals surface area contributed by atoms with E-state index in [1.54, 1.807) is 12.5 Å². The van der Waals surface area contributed by atoms with E-state index >= 15 is 0 Å². The van der Waals surface area contributed by atoms with Gasteiger partial charge < -0.3 is 9.47 Å². The molecule has 0 saturated carbocycles. The summed E-state index contributed by atoms with van der Waals surface area (Å²) in [5.74, 6) is 0.368. The zero-order valence-corrected chi connectivity index (χ0v) is 16.2. The van der Waals surface area contributed by atoms with Gasteiger partial charge in [0.15, 0.2) is 5.13 Å². The molecule has 0 aliphatic heterocycles. The molecule has 0 unspecified atom stereocenters. The average molecular weight is 399 g/mol. The molecule has 0 saturated heterocycles. The number of aromatic nitrogens is 1. The van der Waals surface area contributed by atoms with E-state index in [1.165, 1.54) is 36.6 Å². The third-order valence-electron chi connectivity index (χ3n) is 3.99. The van der Waals surface area contributed by atoms with Crippen LogP contribution in [-0.4, -0.2) is 30.0 Å². The molecule has 0 radical (unpaired) electrons. The molecule has 1 aromatic heterocycles. The van der Waals surface area contributed by atoms with E-state index in [0.29, 0.717) is 16.6 Å². The number of carbonyl (C=O) groups excluding carboxylic acids is 1. The molecule has 0 atom stereocenters. The Bertz CT molecular complexity index is 1050. The second-order valence-electron chi connectivity index (χ2n) is 5.84. The van der Waals surface area contributed by atoms with Crippen LogP contribution < -0.4 is 14.8 Å². The topological polar surface area (TPSA) is 104 Å². The van der Waals surface area contributed by atoms with Gasteiger partial charge >= 0.3 is 0 Å². The van der Waals surface area contributed by atoms with Gasteiger partial charge in [-0.3, -0.25) is 20.2 Å². The first-order valence-corrected chi connectivity index (χ1v) is 9.05. The Morgan fingerprint density at radius 1 is 1.14 bits per heavy atom. The number of aryl methyl sites for hydroxylation is 1. The number of anilines is 1. The normalized spacial score (nSPS) is 10.4. The van der Waals surface area contributed by atoms with Crippen molar-refractivity contribution in [1.29, 1.82) is 0 Å². The molecule has 144 valence electrons. The van der Waals surface area contributed by atoms with Crippen molar-refractivity contribution in [2.24, 2.45) is 0 Å². The number of non-ortho nitro benzene ring substituents is 1. The van der Waals surface area contributed by atoms with E-state index in [4.69, 9.17) is 9.47 Å². The van der Waals surface area contributed by atoms with Gasteiger partial charge in [-0.1, -0.05) is 11.6 Å². The highest BCUT2D eigenvalue weighted by atomic mass is 32.1. The standard InChI is InChI=1S/C19H17N3O5S/c1-11-4-6-16(26-2)13(8-11)15-10-28-19(20-15)21-18(23)14-9-12(22(24)25)5-7-17(14)27-3/h4-10H,1-3H3,(H,20,21,23). The first-order valence-electron chi connectivity index (χ1n) is 8.17. The number of nitrogens with zero attached hydrogens (tertiary/aromatic N) is 2. The highest BCUT2D eigenvalue weighted by molar-refractivity contribution is 7.14. The van der Waals surface area contributed by atoms with Crippen LogP contribution in [0.1, 0.15) is 15.9 Å². The first kappa shape index (κ1) is 19.3. The minimum atomic E-state index is -0.568. The Labute approximate surface area is 164 Å². The molecule has 1 N–H and O–H groups in total. The third-order valence-corrected chi connectivity index (χ3v) is 4.75. The van der Waals surface area contributed by atoms with Crippen LogP contribution >= 0.6 is 11.3 Å². The molecule has 9 heteroatoms. The molecule has 1 amide bonds. The number of hydrogen-bond donors (Lipinski definition) is 1. The summed E-state index contributed by atoms with van der Waals surface area (Å²) in [5, 5.41) is 15.8. The summed E-state index contributed by atoms with van der Waals surface area (Å²) in [6.07, 6.45) is 0. The van der Waals surface area contributed by atoms with E-state index in [9.17, 15) is 14.9 Å². The predicted molar refractivity (Wildman–Crippen MR) is 106 cm³/mol. The summed E-state index contributed by atoms with van der Waals surface area (Å²) in [5.41, 5.74) is 2.38. The van der Waals surface area contributed by atoms with Gasteiger partial charge in [0.2, 0.25) is 0 Å². The number of amides is 1. The molecule has 28 heavy (non-hydrogen) atoms. The number of ether oxygens (including phenoxy) is 2.